The molecule has 0 spiro atoms. The monoisotopic (exact) mass is 774 g/mol. The Morgan fingerprint density at radius 3 is 2.11 bits per heavy atom. The summed E-state index contributed by atoms with van der Waals surface area (Å²) in [6.45, 7) is 11.0. The maximum absolute atomic E-state index is 13.4. The Balaban J connectivity index is 1.37. The minimum absolute atomic E-state index is 0.00482. The number of hydrogen-bond donors (Lipinski definition) is 2. The lowest BCUT2D eigenvalue weighted by molar-refractivity contribution is -0.0526. The zero-order valence-corrected chi connectivity index (χ0v) is 33.0. The van der Waals surface area contributed by atoms with Crippen LogP contribution >= 0.6 is 0 Å². The average molecular weight is 775 g/mol. The lowest BCUT2D eigenvalue weighted by Gasteiger charge is -2.36. The number of carbonyl (C=O) groups excluding carboxylic acids is 2. The van der Waals surface area contributed by atoms with Crippen LogP contribution in [0.25, 0.3) is 6.08 Å². The minimum atomic E-state index is -0.895. The SMILES string of the molecule is C/C=C/C(O)C(C)(C)C1C\C=C/C=C\C=C\C(OC)Cc2nc(co2)C(=O)OC(C(C)(C)C(O)/C=C/C)CC2OC2C2OC2/C=C/C=C\c2nc(co2)C(=O)O1. The van der Waals surface area contributed by atoms with Gasteiger partial charge in [-0.3, -0.25) is 0 Å². The Bertz CT molecular complexity index is 1840. The number of rotatable bonds is 7. The summed E-state index contributed by atoms with van der Waals surface area (Å²) < 4.78 is 40.5. The Morgan fingerprint density at radius 1 is 0.786 bits per heavy atom. The Morgan fingerprint density at radius 2 is 1.41 bits per heavy atom. The van der Waals surface area contributed by atoms with Crippen LogP contribution in [-0.2, 0) is 30.1 Å². The summed E-state index contributed by atoms with van der Waals surface area (Å²) in [5.74, 6) is -0.844. The van der Waals surface area contributed by atoms with E-state index in [2.05, 4.69) is 9.97 Å². The van der Waals surface area contributed by atoms with Crippen LogP contribution in [0.3, 0.4) is 0 Å². The Hall–Kier alpha value is -4.66. The van der Waals surface area contributed by atoms with Gasteiger partial charge in [0.1, 0.15) is 43.0 Å². The molecule has 3 aliphatic heterocycles. The molecule has 2 saturated heterocycles. The second-order valence-corrected chi connectivity index (χ2v) is 15.2. The van der Waals surface area contributed by atoms with E-state index in [4.69, 9.17) is 32.5 Å². The molecule has 5 rings (SSSR count). The Labute approximate surface area is 328 Å². The fourth-order valence-electron chi connectivity index (χ4n) is 6.30. The third-order valence-corrected chi connectivity index (χ3v) is 10.4. The van der Waals surface area contributed by atoms with E-state index >= 15 is 0 Å². The first-order valence-electron chi connectivity index (χ1n) is 18.9. The van der Waals surface area contributed by atoms with Gasteiger partial charge in [-0.15, -0.1) is 0 Å². The quantitative estimate of drug-likeness (QED) is 0.178. The number of allylic oxidation sites excluding steroid dienone is 8. The molecule has 302 valence electrons. The molecule has 13 heteroatoms. The number of carbonyl (C=O) groups is 2. The second kappa shape index (κ2) is 19.0. The van der Waals surface area contributed by atoms with Crippen molar-refractivity contribution in [1.29, 1.82) is 0 Å². The second-order valence-electron chi connectivity index (χ2n) is 15.2. The molecule has 2 N–H and O–H groups in total. The number of fused-ring (bicyclic) bond motifs is 7. The van der Waals surface area contributed by atoms with Gasteiger partial charge in [-0.2, -0.15) is 0 Å². The van der Waals surface area contributed by atoms with Gasteiger partial charge < -0.3 is 42.7 Å². The van der Waals surface area contributed by atoms with Gasteiger partial charge in [0.25, 0.3) is 0 Å². The average Bonchev–Trinajstić information content (AvgIpc) is 3.99. The van der Waals surface area contributed by atoms with Crippen molar-refractivity contribution in [1.82, 2.24) is 9.97 Å². The third-order valence-electron chi connectivity index (χ3n) is 10.4. The molecule has 2 fully saturated rings. The number of methoxy groups -OCH3 is 1. The van der Waals surface area contributed by atoms with Gasteiger partial charge in [0.2, 0.25) is 5.89 Å². The highest BCUT2D eigenvalue weighted by Crippen LogP contribution is 2.44. The van der Waals surface area contributed by atoms with Gasteiger partial charge >= 0.3 is 11.9 Å². The van der Waals surface area contributed by atoms with Crippen LogP contribution in [0.2, 0.25) is 0 Å². The number of epoxide rings is 2. The molecular formula is C43H54N2O11. The maximum Gasteiger partial charge on any atom is 0.360 e. The van der Waals surface area contributed by atoms with Gasteiger partial charge in [0.05, 0.1) is 30.8 Å². The summed E-state index contributed by atoms with van der Waals surface area (Å²) >= 11 is 0. The highest BCUT2D eigenvalue weighted by molar-refractivity contribution is 5.87. The largest absolute Gasteiger partial charge is 0.457 e. The van der Waals surface area contributed by atoms with Crippen molar-refractivity contribution in [3.63, 3.8) is 0 Å². The number of esters is 2. The molecule has 0 radical (unpaired) electrons. The van der Waals surface area contributed by atoms with E-state index in [9.17, 15) is 19.8 Å². The predicted molar refractivity (Wildman–Crippen MR) is 207 cm³/mol. The van der Waals surface area contributed by atoms with E-state index < -0.39 is 53.3 Å². The van der Waals surface area contributed by atoms with Gasteiger partial charge in [0, 0.05) is 36.9 Å². The van der Waals surface area contributed by atoms with E-state index in [1.807, 2.05) is 84.1 Å². The van der Waals surface area contributed by atoms with Crippen LogP contribution in [0, 0.1) is 10.8 Å². The van der Waals surface area contributed by atoms with Crippen LogP contribution < -0.4 is 0 Å². The summed E-state index contributed by atoms with van der Waals surface area (Å²) in [5.41, 5.74) is -1.69. The highest BCUT2D eigenvalue weighted by atomic mass is 16.7. The molecule has 56 heavy (non-hydrogen) atoms. The normalized spacial score (nSPS) is 30.9. The fourth-order valence-corrected chi connectivity index (χ4v) is 6.30. The van der Waals surface area contributed by atoms with E-state index in [1.165, 1.54) is 12.5 Å². The summed E-state index contributed by atoms with van der Waals surface area (Å²) in [5, 5.41) is 21.9. The zero-order valence-electron chi connectivity index (χ0n) is 33.0. The molecule has 5 heterocycles. The molecule has 0 aromatic carbocycles. The number of hydrogen-bond acceptors (Lipinski definition) is 13. The van der Waals surface area contributed by atoms with Crippen LogP contribution in [0.15, 0.2) is 100 Å². The van der Waals surface area contributed by atoms with Gasteiger partial charge in [0.15, 0.2) is 17.3 Å². The topological polar surface area (TPSA) is 179 Å². The zero-order chi connectivity index (χ0) is 40.5. The van der Waals surface area contributed by atoms with Crippen molar-refractivity contribution in [2.75, 3.05) is 7.11 Å². The van der Waals surface area contributed by atoms with Gasteiger partial charge in [-0.1, -0.05) is 107 Å². The molecule has 4 bridgehead atoms. The standard InChI is InChI=1S/C43H54N2O11/c1-8-17-32(46)42(3,4)34-21-14-12-10-11-13-19-27(50-7)23-37-45-29(26-52-37)41(49)56-35(43(5,6)33(47)18-9-2)24-31-39(54-31)38-30(53-38)20-15-16-22-36-44-28(25-51-36)40(48)55-34/h8-20,22,25-27,30-35,38-39,46-47H,21,23-24H2,1-7H3/b11-10-,14-12-,17-8+,18-9+,19-13+,20-15+,22-16-. The van der Waals surface area contributed by atoms with E-state index in [0.29, 0.717) is 12.8 Å². The number of nitrogens with zero attached hydrogens (tertiary/aromatic N) is 2. The van der Waals surface area contributed by atoms with E-state index in [1.54, 1.807) is 49.6 Å². The predicted octanol–water partition coefficient (Wildman–Crippen LogP) is 6.46. The van der Waals surface area contributed by atoms with Crippen molar-refractivity contribution >= 4 is 18.0 Å². The van der Waals surface area contributed by atoms with Crippen molar-refractivity contribution < 1.29 is 52.3 Å². The van der Waals surface area contributed by atoms with Crippen LogP contribution in [0.4, 0.5) is 0 Å². The molecule has 2 aromatic rings. The molecule has 13 nitrogen and oxygen atoms in total. The first-order valence-corrected chi connectivity index (χ1v) is 18.9. The van der Waals surface area contributed by atoms with E-state index in [-0.39, 0.29) is 54.0 Å². The van der Waals surface area contributed by atoms with Gasteiger partial charge in [-0.25, -0.2) is 19.6 Å². The molecule has 0 saturated carbocycles. The van der Waals surface area contributed by atoms with E-state index in [0.717, 1.165) is 0 Å². The molecule has 9 unspecified atom stereocenters. The third kappa shape index (κ3) is 11.0. The van der Waals surface area contributed by atoms with Crippen molar-refractivity contribution in [2.45, 2.75) is 116 Å². The molecule has 0 aliphatic carbocycles. The van der Waals surface area contributed by atoms with Gasteiger partial charge in [-0.05, 0) is 13.8 Å². The lowest BCUT2D eigenvalue weighted by atomic mass is 9.78. The minimum Gasteiger partial charge on any atom is -0.457 e. The Kier molecular flexibility index (Phi) is 14.4. The number of cyclic esters (lactones) is 2. The molecule has 9 atom stereocenters. The molecule has 2 aromatic heterocycles. The first kappa shape index (κ1) is 42.5. The highest BCUT2D eigenvalue weighted by Gasteiger charge is 2.58. The van der Waals surface area contributed by atoms with Crippen LogP contribution in [0.5, 0.6) is 0 Å². The van der Waals surface area contributed by atoms with Crippen LogP contribution in [-0.4, -0.2) is 94.2 Å². The van der Waals surface area contributed by atoms with Crippen molar-refractivity contribution in [2.24, 2.45) is 10.8 Å². The number of aliphatic hydroxyl groups is 2. The summed E-state index contributed by atoms with van der Waals surface area (Å²) in [6.07, 6.45) is 23.8. The van der Waals surface area contributed by atoms with Crippen LogP contribution in [0.1, 0.15) is 87.1 Å². The summed E-state index contributed by atoms with van der Waals surface area (Å²) in [6, 6.07) is 0. The van der Waals surface area contributed by atoms with Crippen molar-refractivity contribution in [3.05, 3.63) is 115 Å². The number of ether oxygens (including phenoxy) is 5. The molecule has 3 aliphatic rings. The first-order chi connectivity index (χ1) is 26.8. The maximum atomic E-state index is 13.4. The number of aromatic nitrogens is 2. The molecule has 0 amide bonds. The summed E-state index contributed by atoms with van der Waals surface area (Å²) in [4.78, 5) is 35.3. The van der Waals surface area contributed by atoms with Crippen molar-refractivity contribution in [3.8, 4) is 0 Å². The smallest absolute Gasteiger partial charge is 0.360 e. The number of aliphatic hydroxyl groups excluding tert-OH is 2. The lowest BCUT2D eigenvalue weighted by Crippen LogP contribution is -2.43. The summed E-state index contributed by atoms with van der Waals surface area (Å²) in [7, 11) is 1.56. The molecular weight excluding hydrogens is 720 g/mol. The number of oxazole rings is 2. The fraction of sp³-hybridized carbons (Fsp3) is 0.488.